The fraction of sp³-hybridized carbons (Fsp3) is 0.333. The van der Waals surface area contributed by atoms with Crippen molar-refractivity contribution in [2.75, 3.05) is 0 Å². The lowest BCUT2D eigenvalue weighted by molar-refractivity contribution is 0.281. The molecule has 104 valence electrons. The first-order valence-corrected chi connectivity index (χ1v) is 7.26. The maximum Gasteiger partial charge on any atom is 0.130 e. The van der Waals surface area contributed by atoms with Crippen LogP contribution in [0.5, 0.6) is 11.5 Å². The molecule has 0 atom stereocenters. The zero-order valence-electron chi connectivity index (χ0n) is 11.9. The number of aryl methyl sites for hydroxylation is 3. The van der Waals surface area contributed by atoms with E-state index in [1.54, 1.807) is 0 Å². The molecule has 2 heteroatoms. The van der Waals surface area contributed by atoms with Crippen molar-refractivity contribution in [3.63, 3.8) is 0 Å². The molecule has 20 heavy (non-hydrogen) atoms. The van der Waals surface area contributed by atoms with E-state index in [-0.39, 0.29) is 6.61 Å². The van der Waals surface area contributed by atoms with Gasteiger partial charge in [-0.05, 0) is 73.1 Å². The Morgan fingerprint density at radius 2 is 1.80 bits per heavy atom. The van der Waals surface area contributed by atoms with E-state index < -0.39 is 0 Å². The Hall–Kier alpha value is -1.80. The van der Waals surface area contributed by atoms with Crippen LogP contribution in [0.4, 0.5) is 0 Å². The Labute approximate surface area is 120 Å². The van der Waals surface area contributed by atoms with Crippen LogP contribution in [0, 0.1) is 6.92 Å². The zero-order chi connectivity index (χ0) is 13.9. The van der Waals surface area contributed by atoms with Crippen LogP contribution in [0.25, 0.3) is 0 Å². The van der Waals surface area contributed by atoms with Crippen LogP contribution in [0.2, 0.25) is 0 Å². The third-order valence-corrected chi connectivity index (χ3v) is 3.97. The molecular formula is C18H20O2. The number of hydrogen-bond donors (Lipinski definition) is 1. The van der Waals surface area contributed by atoms with E-state index in [2.05, 4.69) is 18.2 Å². The molecule has 2 nitrogen and oxygen atoms in total. The summed E-state index contributed by atoms with van der Waals surface area (Å²) in [5.41, 5.74) is 4.86. The van der Waals surface area contributed by atoms with Gasteiger partial charge < -0.3 is 9.84 Å². The third kappa shape index (κ3) is 2.70. The number of hydrogen-bond acceptors (Lipinski definition) is 2. The van der Waals surface area contributed by atoms with Crippen molar-refractivity contribution >= 4 is 0 Å². The predicted octanol–water partition coefficient (Wildman–Crippen LogP) is 4.16. The summed E-state index contributed by atoms with van der Waals surface area (Å²) in [6.45, 7) is 2.08. The average Bonchev–Trinajstić information content (AvgIpc) is 2.49. The van der Waals surface area contributed by atoms with Crippen molar-refractivity contribution in [1.29, 1.82) is 0 Å². The Morgan fingerprint density at radius 1 is 1.00 bits per heavy atom. The number of ether oxygens (including phenoxy) is 1. The van der Waals surface area contributed by atoms with Gasteiger partial charge in [-0.1, -0.05) is 18.2 Å². The highest BCUT2D eigenvalue weighted by Crippen LogP contribution is 2.30. The first kappa shape index (κ1) is 13.2. The average molecular weight is 268 g/mol. The van der Waals surface area contributed by atoms with Gasteiger partial charge in [0.1, 0.15) is 11.5 Å². The van der Waals surface area contributed by atoms with Crippen molar-refractivity contribution in [1.82, 2.24) is 0 Å². The number of benzene rings is 2. The van der Waals surface area contributed by atoms with Gasteiger partial charge in [0.25, 0.3) is 0 Å². The lowest BCUT2D eigenvalue weighted by atomic mass is 9.92. The summed E-state index contributed by atoms with van der Waals surface area (Å²) >= 11 is 0. The largest absolute Gasteiger partial charge is 0.457 e. The molecule has 2 aromatic rings. The van der Waals surface area contributed by atoms with E-state index in [4.69, 9.17) is 9.84 Å². The molecular weight excluding hydrogens is 248 g/mol. The standard InChI is InChI=1S/C18H20O2/c1-13-10-14(12-19)6-9-18(13)20-17-8-7-15-4-2-3-5-16(15)11-17/h6-11,19H,2-5,12H2,1H3. The highest BCUT2D eigenvalue weighted by molar-refractivity contribution is 5.42. The second kappa shape index (κ2) is 5.68. The van der Waals surface area contributed by atoms with Crippen LogP contribution >= 0.6 is 0 Å². The third-order valence-electron chi connectivity index (χ3n) is 3.97. The van der Waals surface area contributed by atoms with Crippen molar-refractivity contribution in [3.8, 4) is 11.5 Å². The van der Waals surface area contributed by atoms with Crippen molar-refractivity contribution in [2.45, 2.75) is 39.2 Å². The summed E-state index contributed by atoms with van der Waals surface area (Å²) in [6.07, 6.45) is 4.93. The molecule has 2 aromatic carbocycles. The summed E-state index contributed by atoms with van der Waals surface area (Å²) in [5, 5.41) is 9.13. The smallest absolute Gasteiger partial charge is 0.130 e. The van der Waals surface area contributed by atoms with Gasteiger partial charge in [0.15, 0.2) is 0 Å². The summed E-state index contributed by atoms with van der Waals surface area (Å²) < 4.78 is 5.99. The highest BCUT2D eigenvalue weighted by atomic mass is 16.5. The van der Waals surface area contributed by atoms with Crippen LogP contribution in [0.1, 0.15) is 35.1 Å². The second-order valence-corrected chi connectivity index (χ2v) is 5.50. The maximum absolute atomic E-state index is 9.13. The lowest BCUT2D eigenvalue weighted by Gasteiger charge is -2.17. The molecule has 0 bridgehead atoms. The summed E-state index contributed by atoms with van der Waals surface area (Å²) in [7, 11) is 0. The molecule has 1 aliphatic carbocycles. The van der Waals surface area contributed by atoms with E-state index in [0.29, 0.717) is 0 Å². The highest BCUT2D eigenvalue weighted by Gasteiger charge is 2.10. The summed E-state index contributed by atoms with van der Waals surface area (Å²) in [6, 6.07) is 12.2. The molecule has 1 aliphatic rings. The number of fused-ring (bicyclic) bond motifs is 1. The van der Waals surface area contributed by atoms with E-state index >= 15 is 0 Å². The van der Waals surface area contributed by atoms with E-state index in [9.17, 15) is 0 Å². The van der Waals surface area contributed by atoms with Crippen LogP contribution in [0.15, 0.2) is 36.4 Å². The Kier molecular flexibility index (Phi) is 3.75. The molecule has 0 aromatic heterocycles. The van der Waals surface area contributed by atoms with Gasteiger partial charge in [0, 0.05) is 0 Å². The minimum Gasteiger partial charge on any atom is -0.457 e. The number of rotatable bonds is 3. The molecule has 0 saturated carbocycles. The molecule has 0 saturated heterocycles. The van der Waals surface area contributed by atoms with Gasteiger partial charge in [-0.2, -0.15) is 0 Å². The van der Waals surface area contributed by atoms with Gasteiger partial charge >= 0.3 is 0 Å². The molecule has 1 N–H and O–H groups in total. The second-order valence-electron chi connectivity index (χ2n) is 5.50. The Balaban J connectivity index is 1.84. The minimum absolute atomic E-state index is 0.0694. The van der Waals surface area contributed by atoms with Crippen molar-refractivity contribution < 1.29 is 9.84 Å². The Bertz CT molecular complexity index is 617. The van der Waals surface area contributed by atoms with E-state index in [1.165, 1.54) is 30.4 Å². The molecule has 0 spiro atoms. The molecule has 0 aliphatic heterocycles. The maximum atomic E-state index is 9.13. The molecule has 3 rings (SSSR count). The quantitative estimate of drug-likeness (QED) is 0.905. The monoisotopic (exact) mass is 268 g/mol. The Morgan fingerprint density at radius 3 is 2.55 bits per heavy atom. The van der Waals surface area contributed by atoms with Crippen LogP contribution < -0.4 is 4.74 Å². The lowest BCUT2D eigenvalue weighted by Crippen LogP contribution is -2.02. The van der Waals surface area contributed by atoms with Gasteiger partial charge in [-0.15, -0.1) is 0 Å². The molecule has 0 radical (unpaired) electrons. The van der Waals surface area contributed by atoms with Gasteiger partial charge in [-0.3, -0.25) is 0 Å². The van der Waals surface area contributed by atoms with Crippen molar-refractivity contribution in [3.05, 3.63) is 58.7 Å². The van der Waals surface area contributed by atoms with Crippen LogP contribution in [-0.2, 0) is 19.4 Å². The fourth-order valence-electron chi connectivity index (χ4n) is 2.82. The number of aliphatic hydroxyl groups is 1. The van der Waals surface area contributed by atoms with E-state index in [0.717, 1.165) is 29.0 Å². The topological polar surface area (TPSA) is 29.5 Å². The van der Waals surface area contributed by atoms with Gasteiger partial charge in [-0.25, -0.2) is 0 Å². The summed E-state index contributed by atoms with van der Waals surface area (Å²) in [5.74, 6) is 1.77. The first-order valence-electron chi connectivity index (χ1n) is 7.26. The predicted molar refractivity (Wildman–Crippen MR) is 80.3 cm³/mol. The summed E-state index contributed by atoms with van der Waals surface area (Å²) in [4.78, 5) is 0. The fourth-order valence-corrected chi connectivity index (χ4v) is 2.82. The van der Waals surface area contributed by atoms with E-state index in [1.807, 2.05) is 25.1 Å². The minimum atomic E-state index is 0.0694. The molecule has 0 unspecified atom stereocenters. The SMILES string of the molecule is Cc1cc(CO)ccc1Oc1ccc2c(c1)CCCC2. The van der Waals surface area contributed by atoms with Crippen LogP contribution in [-0.4, -0.2) is 5.11 Å². The molecule has 0 fully saturated rings. The van der Waals surface area contributed by atoms with Crippen LogP contribution in [0.3, 0.4) is 0 Å². The molecule has 0 amide bonds. The van der Waals surface area contributed by atoms with Crippen molar-refractivity contribution in [2.24, 2.45) is 0 Å². The molecule has 0 heterocycles. The van der Waals surface area contributed by atoms with Gasteiger partial charge in [0.05, 0.1) is 6.61 Å². The normalized spacial score (nSPS) is 13.9. The van der Waals surface area contributed by atoms with Gasteiger partial charge in [0.2, 0.25) is 0 Å². The number of aliphatic hydroxyl groups excluding tert-OH is 1. The first-order chi connectivity index (χ1) is 9.76. The zero-order valence-corrected chi connectivity index (χ0v) is 11.9.